The molecule has 0 radical (unpaired) electrons. The summed E-state index contributed by atoms with van der Waals surface area (Å²) in [6.45, 7) is 7.04. The topological polar surface area (TPSA) is 40.5 Å². The highest BCUT2D eigenvalue weighted by molar-refractivity contribution is 5.92. The maximum absolute atomic E-state index is 13.4. The van der Waals surface area contributed by atoms with E-state index in [1.165, 1.54) is 24.8 Å². The smallest absolute Gasteiger partial charge is 0.156 e. The van der Waals surface area contributed by atoms with Gasteiger partial charge in [0.15, 0.2) is 5.78 Å². The Balaban J connectivity index is 1.45. The summed E-state index contributed by atoms with van der Waals surface area (Å²) in [7, 11) is 0. The molecule has 0 bridgehead atoms. The van der Waals surface area contributed by atoms with E-state index in [4.69, 9.17) is 0 Å². The molecule has 3 nitrogen and oxygen atoms in total. The first-order valence-electron chi connectivity index (χ1n) is 11.1. The molecule has 26 heavy (non-hydrogen) atoms. The average Bonchev–Trinajstić information content (AvgIpc) is 3.23. The zero-order chi connectivity index (χ0) is 18.1. The number of carbonyl (C=O) groups is 1. The van der Waals surface area contributed by atoms with E-state index >= 15 is 0 Å². The van der Waals surface area contributed by atoms with Crippen LogP contribution >= 0.6 is 0 Å². The van der Waals surface area contributed by atoms with Crippen molar-refractivity contribution in [3.63, 3.8) is 0 Å². The van der Waals surface area contributed by atoms with Gasteiger partial charge in [-0.25, -0.2) is 0 Å². The number of Topliss-reactive ketones (excluding diaryl/α,β-unsaturated/α-hetero) is 1. The van der Waals surface area contributed by atoms with Gasteiger partial charge in [0, 0.05) is 5.41 Å². The number of aliphatic hydroxyl groups excluding tert-OH is 1. The predicted molar refractivity (Wildman–Crippen MR) is 103 cm³/mol. The van der Waals surface area contributed by atoms with Crippen molar-refractivity contribution < 1.29 is 9.90 Å². The molecule has 0 unspecified atom stereocenters. The summed E-state index contributed by atoms with van der Waals surface area (Å²) in [5, 5.41) is 10.1. The fraction of sp³-hybridized carbons (Fsp3) is 0.870. The van der Waals surface area contributed by atoms with Crippen LogP contribution < -0.4 is 0 Å². The zero-order valence-corrected chi connectivity index (χ0v) is 16.5. The standard InChI is InChI=1S/C23H35NO2/c1-22-9-7-16(25)13-15(22)5-6-17-18(22)8-10-23(2)19(17)14-20(21(23)26)24-11-3-4-12-24/h5,16-20,25H,3-4,6-14H2,1-2H3/t16-,17+,18-,19-,20-,22-,23-/m0/s1. The summed E-state index contributed by atoms with van der Waals surface area (Å²) in [5.74, 6) is 2.54. The second-order valence-corrected chi connectivity index (χ2v) is 10.5. The third-order valence-electron chi connectivity index (χ3n) is 9.39. The SMILES string of the molecule is C[C@]12CC[C@H](O)CC1=CC[C@@H]1[C@@H]2CC[C@]2(C)C(=O)[C@@H](N3CCCC3)C[C@@H]12. The summed E-state index contributed by atoms with van der Waals surface area (Å²) < 4.78 is 0. The molecule has 0 aromatic heterocycles. The molecule has 1 aliphatic heterocycles. The number of hydrogen-bond acceptors (Lipinski definition) is 3. The molecule has 1 N–H and O–H groups in total. The number of ketones is 1. The maximum Gasteiger partial charge on any atom is 0.156 e. The van der Waals surface area contributed by atoms with Crippen LogP contribution in [0.1, 0.15) is 71.6 Å². The van der Waals surface area contributed by atoms with Gasteiger partial charge in [-0.15, -0.1) is 0 Å². The van der Waals surface area contributed by atoms with Crippen molar-refractivity contribution in [1.29, 1.82) is 0 Å². The highest BCUT2D eigenvalue weighted by atomic mass is 16.3. The van der Waals surface area contributed by atoms with Crippen LogP contribution in [0.4, 0.5) is 0 Å². The molecule has 4 aliphatic carbocycles. The summed E-state index contributed by atoms with van der Waals surface area (Å²) in [6.07, 6.45) is 12.4. The lowest BCUT2D eigenvalue weighted by molar-refractivity contribution is -0.134. The van der Waals surface area contributed by atoms with Crippen molar-refractivity contribution in [3.8, 4) is 0 Å². The number of rotatable bonds is 1. The van der Waals surface area contributed by atoms with Gasteiger partial charge in [-0.05, 0) is 94.0 Å². The fourth-order valence-electron chi connectivity index (χ4n) is 7.80. The van der Waals surface area contributed by atoms with Crippen LogP contribution in [0.25, 0.3) is 0 Å². The molecule has 5 aliphatic rings. The summed E-state index contributed by atoms with van der Waals surface area (Å²) in [6, 6.07) is 0.206. The number of likely N-dealkylation sites (tertiary alicyclic amines) is 1. The molecule has 3 heteroatoms. The Kier molecular flexibility index (Phi) is 3.96. The minimum atomic E-state index is -0.132. The fourth-order valence-corrected chi connectivity index (χ4v) is 7.80. The molecular weight excluding hydrogens is 322 g/mol. The van der Waals surface area contributed by atoms with Gasteiger partial charge in [0.2, 0.25) is 0 Å². The van der Waals surface area contributed by atoms with Gasteiger partial charge in [0.05, 0.1) is 12.1 Å². The minimum Gasteiger partial charge on any atom is -0.393 e. The number of aliphatic hydroxyl groups is 1. The van der Waals surface area contributed by atoms with Gasteiger partial charge in [-0.1, -0.05) is 25.5 Å². The van der Waals surface area contributed by atoms with Gasteiger partial charge in [0.25, 0.3) is 0 Å². The minimum absolute atomic E-state index is 0.0791. The Morgan fingerprint density at radius 1 is 1.08 bits per heavy atom. The third kappa shape index (κ3) is 2.29. The van der Waals surface area contributed by atoms with Crippen LogP contribution in [0.15, 0.2) is 11.6 Å². The molecule has 0 aromatic rings. The summed E-state index contributed by atoms with van der Waals surface area (Å²) in [4.78, 5) is 15.9. The van der Waals surface area contributed by atoms with E-state index < -0.39 is 0 Å². The molecule has 7 atom stereocenters. The van der Waals surface area contributed by atoms with Gasteiger partial charge in [-0.2, -0.15) is 0 Å². The second kappa shape index (κ2) is 5.91. The first-order chi connectivity index (χ1) is 12.4. The number of carbonyl (C=O) groups excluding carboxylic acids is 1. The molecule has 0 amide bonds. The number of nitrogens with zero attached hydrogens (tertiary/aromatic N) is 1. The van der Waals surface area contributed by atoms with Gasteiger partial charge in [-0.3, -0.25) is 9.69 Å². The highest BCUT2D eigenvalue weighted by Gasteiger charge is 2.61. The van der Waals surface area contributed by atoms with Crippen LogP contribution in [0.2, 0.25) is 0 Å². The molecular formula is C23H35NO2. The Labute approximate surface area is 158 Å². The third-order valence-corrected chi connectivity index (χ3v) is 9.39. The lowest BCUT2D eigenvalue weighted by atomic mass is 9.48. The van der Waals surface area contributed by atoms with Crippen LogP contribution in [-0.2, 0) is 4.79 Å². The van der Waals surface area contributed by atoms with E-state index in [9.17, 15) is 9.90 Å². The number of hydrogen-bond donors (Lipinski definition) is 1. The van der Waals surface area contributed by atoms with Crippen molar-refractivity contribution in [2.45, 2.75) is 83.8 Å². The van der Waals surface area contributed by atoms with E-state index in [1.54, 1.807) is 0 Å². The molecule has 0 aromatic carbocycles. The Morgan fingerprint density at radius 3 is 2.58 bits per heavy atom. The van der Waals surface area contributed by atoms with Crippen molar-refractivity contribution in [3.05, 3.63) is 11.6 Å². The lowest BCUT2D eigenvalue weighted by Crippen LogP contribution is -2.50. The monoisotopic (exact) mass is 357 g/mol. The van der Waals surface area contributed by atoms with Crippen LogP contribution in [0.5, 0.6) is 0 Å². The molecule has 5 rings (SSSR count). The first-order valence-corrected chi connectivity index (χ1v) is 11.1. The van der Waals surface area contributed by atoms with E-state index in [1.807, 2.05) is 0 Å². The van der Waals surface area contributed by atoms with E-state index in [0.29, 0.717) is 17.6 Å². The Bertz CT molecular complexity index is 636. The van der Waals surface area contributed by atoms with Gasteiger partial charge < -0.3 is 5.11 Å². The van der Waals surface area contributed by atoms with E-state index in [0.717, 1.165) is 57.5 Å². The van der Waals surface area contributed by atoms with Gasteiger partial charge in [0.1, 0.15) is 0 Å². The molecule has 4 fully saturated rings. The van der Waals surface area contributed by atoms with Crippen molar-refractivity contribution >= 4 is 5.78 Å². The first kappa shape index (κ1) is 17.4. The largest absolute Gasteiger partial charge is 0.393 e. The highest BCUT2D eigenvalue weighted by Crippen LogP contribution is 2.64. The van der Waals surface area contributed by atoms with Gasteiger partial charge >= 0.3 is 0 Å². The van der Waals surface area contributed by atoms with E-state index in [2.05, 4.69) is 24.8 Å². The normalized spacial score (nSPS) is 51.6. The van der Waals surface area contributed by atoms with Crippen LogP contribution in [-0.4, -0.2) is 41.0 Å². The zero-order valence-electron chi connectivity index (χ0n) is 16.5. The number of fused-ring (bicyclic) bond motifs is 5. The molecule has 3 saturated carbocycles. The van der Waals surface area contributed by atoms with Crippen molar-refractivity contribution in [2.75, 3.05) is 13.1 Å². The van der Waals surface area contributed by atoms with Crippen molar-refractivity contribution in [1.82, 2.24) is 4.90 Å². The molecule has 0 spiro atoms. The summed E-state index contributed by atoms with van der Waals surface area (Å²) >= 11 is 0. The lowest BCUT2D eigenvalue weighted by Gasteiger charge is -2.56. The second-order valence-electron chi connectivity index (χ2n) is 10.5. The quantitative estimate of drug-likeness (QED) is 0.722. The molecule has 1 heterocycles. The van der Waals surface area contributed by atoms with E-state index in [-0.39, 0.29) is 23.0 Å². The van der Waals surface area contributed by atoms with Crippen molar-refractivity contribution in [2.24, 2.45) is 28.6 Å². The molecule has 144 valence electrons. The van der Waals surface area contributed by atoms with Crippen LogP contribution in [0.3, 0.4) is 0 Å². The maximum atomic E-state index is 13.4. The Hall–Kier alpha value is -0.670. The average molecular weight is 358 g/mol. The summed E-state index contributed by atoms with van der Waals surface area (Å²) in [5.41, 5.74) is 1.73. The Morgan fingerprint density at radius 2 is 1.81 bits per heavy atom. The van der Waals surface area contributed by atoms with Crippen LogP contribution in [0, 0.1) is 28.6 Å². The number of allylic oxidation sites excluding steroid dienone is 1. The molecule has 1 saturated heterocycles. The predicted octanol–water partition coefficient (Wildman–Crippen LogP) is 3.95.